The zero-order valence-corrected chi connectivity index (χ0v) is 10.9. The summed E-state index contributed by atoms with van der Waals surface area (Å²) in [4.78, 5) is 23.1. The van der Waals surface area contributed by atoms with E-state index in [1.807, 2.05) is 6.07 Å². The number of amides is 2. The lowest BCUT2D eigenvalue weighted by molar-refractivity contribution is -0.123. The molecule has 0 spiro atoms. The van der Waals surface area contributed by atoms with Crippen LogP contribution in [-0.4, -0.2) is 44.7 Å². The summed E-state index contributed by atoms with van der Waals surface area (Å²) in [5.41, 5.74) is 6.12. The fourth-order valence-electron chi connectivity index (χ4n) is 1.44. The third-order valence-corrected chi connectivity index (χ3v) is 2.43. The molecule has 4 N–H and O–H groups in total. The van der Waals surface area contributed by atoms with Gasteiger partial charge in [0, 0.05) is 25.8 Å². The average Bonchev–Trinajstić information content (AvgIpc) is 2.44. The molecule has 0 saturated heterocycles. The van der Waals surface area contributed by atoms with E-state index in [4.69, 9.17) is 10.5 Å². The lowest BCUT2D eigenvalue weighted by atomic mass is 10.2. The van der Waals surface area contributed by atoms with Gasteiger partial charge in [-0.25, -0.2) is 0 Å². The highest BCUT2D eigenvalue weighted by atomic mass is 16.5. The molecule has 0 aliphatic carbocycles. The molecular weight excluding hydrogens is 246 g/mol. The van der Waals surface area contributed by atoms with Gasteiger partial charge >= 0.3 is 0 Å². The Balaban J connectivity index is 2.21. The van der Waals surface area contributed by atoms with Crippen molar-refractivity contribution in [3.63, 3.8) is 0 Å². The van der Waals surface area contributed by atoms with Crippen LogP contribution in [0, 0.1) is 0 Å². The maximum absolute atomic E-state index is 11.7. The van der Waals surface area contributed by atoms with Crippen LogP contribution >= 0.6 is 0 Å². The Hall–Kier alpha value is -1.92. The molecule has 6 heteroatoms. The first-order chi connectivity index (χ1) is 9.15. The molecule has 6 nitrogen and oxygen atoms in total. The summed E-state index contributed by atoms with van der Waals surface area (Å²) in [6.45, 7) is 0.843. The first-order valence-corrected chi connectivity index (χ1v) is 6.00. The van der Waals surface area contributed by atoms with Gasteiger partial charge in [-0.1, -0.05) is 18.2 Å². The van der Waals surface area contributed by atoms with E-state index < -0.39 is 6.04 Å². The largest absolute Gasteiger partial charge is 0.383 e. The Bertz CT molecular complexity index is 409. The van der Waals surface area contributed by atoms with Crippen molar-refractivity contribution in [2.24, 2.45) is 5.73 Å². The minimum Gasteiger partial charge on any atom is -0.383 e. The van der Waals surface area contributed by atoms with E-state index in [0.717, 1.165) is 0 Å². The van der Waals surface area contributed by atoms with Crippen molar-refractivity contribution in [1.82, 2.24) is 10.6 Å². The molecule has 0 radical (unpaired) electrons. The summed E-state index contributed by atoms with van der Waals surface area (Å²) in [5.74, 6) is -0.466. The van der Waals surface area contributed by atoms with Gasteiger partial charge in [0.05, 0.1) is 6.61 Å². The molecule has 0 aliphatic heterocycles. The minimum absolute atomic E-state index is 0.169. The molecule has 19 heavy (non-hydrogen) atoms. The van der Waals surface area contributed by atoms with Crippen molar-refractivity contribution >= 4 is 11.8 Å². The molecule has 104 valence electrons. The Morgan fingerprint density at radius 2 is 1.84 bits per heavy atom. The zero-order valence-electron chi connectivity index (χ0n) is 10.9. The highest BCUT2D eigenvalue weighted by Crippen LogP contribution is 1.96. The average molecular weight is 265 g/mol. The normalized spacial score (nSPS) is 11.7. The number of carbonyl (C=O) groups is 2. The Morgan fingerprint density at radius 1 is 1.21 bits per heavy atom. The van der Waals surface area contributed by atoms with Gasteiger partial charge in [0.25, 0.3) is 5.91 Å². The number of nitrogens with one attached hydrogen (secondary N) is 2. The van der Waals surface area contributed by atoms with E-state index in [9.17, 15) is 9.59 Å². The molecule has 0 saturated carbocycles. The van der Waals surface area contributed by atoms with Crippen LogP contribution in [0.25, 0.3) is 0 Å². The van der Waals surface area contributed by atoms with Gasteiger partial charge in [-0.15, -0.1) is 0 Å². The number of benzene rings is 1. The summed E-state index contributed by atoms with van der Waals surface area (Å²) < 4.78 is 4.77. The highest BCUT2D eigenvalue weighted by Gasteiger charge is 2.12. The van der Waals surface area contributed by atoms with Crippen LogP contribution in [0.15, 0.2) is 30.3 Å². The number of nitrogens with two attached hydrogens (primary N) is 1. The van der Waals surface area contributed by atoms with E-state index >= 15 is 0 Å². The molecule has 1 unspecified atom stereocenters. The Labute approximate surface area is 112 Å². The van der Waals surface area contributed by atoms with Crippen molar-refractivity contribution in [1.29, 1.82) is 0 Å². The quantitative estimate of drug-likeness (QED) is 0.580. The van der Waals surface area contributed by atoms with Crippen LogP contribution in [0.3, 0.4) is 0 Å². The molecule has 1 aromatic carbocycles. The maximum atomic E-state index is 11.7. The summed E-state index contributed by atoms with van der Waals surface area (Å²) >= 11 is 0. The fourth-order valence-corrected chi connectivity index (χ4v) is 1.44. The molecule has 0 bridgehead atoms. The molecule has 1 aromatic rings. The molecular formula is C13H19N3O3. The van der Waals surface area contributed by atoms with E-state index in [1.54, 1.807) is 24.3 Å². The number of ether oxygens (including phenoxy) is 1. The van der Waals surface area contributed by atoms with Crippen molar-refractivity contribution < 1.29 is 14.3 Å². The monoisotopic (exact) mass is 265 g/mol. The third kappa shape index (κ3) is 5.50. The predicted molar refractivity (Wildman–Crippen MR) is 71.6 cm³/mol. The Morgan fingerprint density at radius 3 is 2.47 bits per heavy atom. The van der Waals surface area contributed by atoms with Gasteiger partial charge in [-0.05, 0) is 12.1 Å². The predicted octanol–water partition coefficient (Wildman–Crippen LogP) is -0.494. The summed E-state index contributed by atoms with van der Waals surface area (Å²) in [5, 5.41) is 5.31. The third-order valence-electron chi connectivity index (χ3n) is 2.43. The molecule has 0 heterocycles. The van der Waals surface area contributed by atoms with Crippen LogP contribution in [-0.2, 0) is 9.53 Å². The van der Waals surface area contributed by atoms with Crippen LogP contribution in [0.2, 0.25) is 0 Å². The second-order valence-electron chi connectivity index (χ2n) is 3.97. The van der Waals surface area contributed by atoms with E-state index in [2.05, 4.69) is 10.6 Å². The highest BCUT2D eigenvalue weighted by molar-refractivity contribution is 5.94. The van der Waals surface area contributed by atoms with E-state index in [-0.39, 0.29) is 18.4 Å². The minimum atomic E-state index is -0.685. The van der Waals surface area contributed by atoms with Crippen LogP contribution in [0.4, 0.5) is 0 Å². The smallest absolute Gasteiger partial charge is 0.251 e. The molecule has 0 aromatic heterocycles. The molecule has 1 rings (SSSR count). The number of hydrogen-bond acceptors (Lipinski definition) is 4. The fraction of sp³-hybridized carbons (Fsp3) is 0.385. The molecule has 0 fully saturated rings. The van der Waals surface area contributed by atoms with Gasteiger partial charge in [0.15, 0.2) is 0 Å². The number of methoxy groups -OCH3 is 1. The first kappa shape index (κ1) is 15.1. The zero-order chi connectivity index (χ0) is 14.1. The molecule has 0 aliphatic rings. The summed E-state index contributed by atoms with van der Waals surface area (Å²) in [6.07, 6.45) is 0. The van der Waals surface area contributed by atoms with Crippen LogP contribution in [0.5, 0.6) is 0 Å². The number of carbonyl (C=O) groups excluding carboxylic acids is 2. The van der Waals surface area contributed by atoms with Gasteiger partial charge in [0.2, 0.25) is 5.91 Å². The van der Waals surface area contributed by atoms with Gasteiger partial charge in [-0.2, -0.15) is 0 Å². The van der Waals surface area contributed by atoms with Crippen molar-refractivity contribution in [3.05, 3.63) is 35.9 Å². The standard InChI is InChI=1S/C13H19N3O3/c1-19-9-11(14)13(18)16-8-7-15-12(17)10-5-3-2-4-6-10/h2-6,11H,7-9,14H2,1H3,(H,15,17)(H,16,18). The second-order valence-corrected chi connectivity index (χ2v) is 3.97. The van der Waals surface area contributed by atoms with E-state index in [0.29, 0.717) is 18.7 Å². The maximum Gasteiger partial charge on any atom is 0.251 e. The van der Waals surface area contributed by atoms with Crippen LogP contribution < -0.4 is 16.4 Å². The van der Waals surface area contributed by atoms with Crippen molar-refractivity contribution in [2.45, 2.75) is 6.04 Å². The summed E-state index contributed by atoms with van der Waals surface area (Å²) in [7, 11) is 1.48. The van der Waals surface area contributed by atoms with Gasteiger partial charge in [-0.3, -0.25) is 9.59 Å². The number of hydrogen-bond donors (Lipinski definition) is 3. The topological polar surface area (TPSA) is 93.4 Å². The van der Waals surface area contributed by atoms with Gasteiger partial charge in [0.1, 0.15) is 6.04 Å². The van der Waals surface area contributed by atoms with Crippen molar-refractivity contribution in [3.8, 4) is 0 Å². The van der Waals surface area contributed by atoms with Crippen LogP contribution in [0.1, 0.15) is 10.4 Å². The molecule has 2 amide bonds. The number of rotatable bonds is 7. The lowest BCUT2D eigenvalue weighted by Gasteiger charge is -2.11. The molecule has 1 atom stereocenters. The lowest BCUT2D eigenvalue weighted by Crippen LogP contribution is -2.45. The summed E-state index contributed by atoms with van der Waals surface area (Å²) in [6, 6.07) is 8.19. The first-order valence-electron chi connectivity index (χ1n) is 6.00. The van der Waals surface area contributed by atoms with Gasteiger partial charge < -0.3 is 21.1 Å². The van der Waals surface area contributed by atoms with E-state index in [1.165, 1.54) is 7.11 Å². The SMILES string of the molecule is COCC(N)C(=O)NCCNC(=O)c1ccccc1. The van der Waals surface area contributed by atoms with Crippen molar-refractivity contribution in [2.75, 3.05) is 26.8 Å². The second kappa shape index (κ2) is 8.23. The Kier molecular flexibility index (Phi) is 6.56.